The fourth-order valence-corrected chi connectivity index (χ4v) is 7.78. The molecular formula is C46H28. The number of hydrogen-bond acceptors (Lipinski definition) is 0. The van der Waals surface area contributed by atoms with Crippen LogP contribution in [-0.4, -0.2) is 0 Å². The molecule has 0 heteroatoms. The van der Waals surface area contributed by atoms with E-state index in [-0.39, 0.29) is 0 Å². The van der Waals surface area contributed by atoms with Crippen LogP contribution in [-0.2, 0) is 0 Å². The SMILES string of the molecule is c1ccc2c(c1)-c1cccc3cc(-c4ccc(-c5ccc(-c6ccc7c8ccccc8c8ccccc8c7c6)cc5)cc4)cc-2c13. The Labute approximate surface area is 267 Å². The van der Waals surface area contributed by atoms with Crippen molar-refractivity contribution in [2.75, 3.05) is 0 Å². The van der Waals surface area contributed by atoms with Gasteiger partial charge in [-0.15, -0.1) is 0 Å². The summed E-state index contributed by atoms with van der Waals surface area (Å²) in [4.78, 5) is 0. The monoisotopic (exact) mass is 580 g/mol. The first-order chi connectivity index (χ1) is 22.8. The molecule has 0 radical (unpaired) electrons. The van der Waals surface area contributed by atoms with Crippen molar-refractivity contribution in [1.29, 1.82) is 0 Å². The first-order valence-corrected chi connectivity index (χ1v) is 16.0. The normalized spacial score (nSPS) is 11.9. The highest BCUT2D eigenvalue weighted by Gasteiger charge is 2.21. The molecule has 0 spiro atoms. The molecule has 0 amide bonds. The summed E-state index contributed by atoms with van der Waals surface area (Å²) >= 11 is 0. The van der Waals surface area contributed by atoms with Crippen molar-refractivity contribution >= 4 is 43.1 Å². The van der Waals surface area contributed by atoms with Gasteiger partial charge in [0.15, 0.2) is 0 Å². The first-order valence-electron chi connectivity index (χ1n) is 16.0. The van der Waals surface area contributed by atoms with Crippen LogP contribution in [0.15, 0.2) is 170 Å². The second-order valence-corrected chi connectivity index (χ2v) is 12.5. The Kier molecular flexibility index (Phi) is 5.38. The smallest absolute Gasteiger partial charge is 0.00259 e. The summed E-state index contributed by atoms with van der Waals surface area (Å²) < 4.78 is 0. The Bertz CT molecular complexity index is 2620. The van der Waals surface area contributed by atoms with E-state index in [1.54, 1.807) is 0 Å². The van der Waals surface area contributed by atoms with Crippen LogP contribution in [0.4, 0.5) is 0 Å². The lowest BCUT2D eigenvalue weighted by molar-refractivity contribution is 1.59. The largest absolute Gasteiger partial charge is 0.0616 e. The Hall–Kier alpha value is -5.98. The summed E-state index contributed by atoms with van der Waals surface area (Å²) in [7, 11) is 0. The van der Waals surface area contributed by atoms with Crippen LogP contribution >= 0.6 is 0 Å². The van der Waals surface area contributed by atoms with Crippen LogP contribution in [0.2, 0.25) is 0 Å². The molecule has 0 heterocycles. The van der Waals surface area contributed by atoms with E-state index in [1.165, 1.54) is 98.7 Å². The lowest BCUT2D eigenvalue weighted by Gasteiger charge is -2.12. The zero-order valence-corrected chi connectivity index (χ0v) is 25.2. The van der Waals surface area contributed by atoms with E-state index in [2.05, 4.69) is 170 Å². The molecule has 0 atom stereocenters. The number of rotatable bonds is 3. The fourth-order valence-electron chi connectivity index (χ4n) is 7.78. The highest BCUT2D eigenvalue weighted by molar-refractivity contribution is 6.25. The predicted octanol–water partition coefficient (Wildman–Crippen LogP) is 12.9. The summed E-state index contributed by atoms with van der Waals surface area (Å²) in [5.74, 6) is 0. The molecule has 212 valence electrons. The molecule has 9 aromatic rings. The van der Waals surface area contributed by atoms with Crippen molar-refractivity contribution in [1.82, 2.24) is 0 Å². The van der Waals surface area contributed by atoms with Gasteiger partial charge in [0.25, 0.3) is 0 Å². The molecule has 0 N–H and O–H groups in total. The van der Waals surface area contributed by atoms with E-state index in [0.717, 1.165) is 0 Å². The molecule has 9 aromatic carbocycles. The third kappa shape index (κ3) is 3.74. The van der Waals surface area contributed by atoms with E-state index < -0.39 is 0 Å². The minimum absolute atomic E-state index is 1.23. The van der Waals surface area contributed by atoms with Crippen LogP contribution in [0.25, 0.3) is 98.7 Å². The zero-order valence-electron chi connectivity index (χ0n) is 25.2. The quantitative estimate of drug-likeness (QED) is 0.182. The Morgan fingerprint density at radius 3 is 1.26 bits per heavy atom. The van der Waals surface area contributed by atoms with Crippen LogP contribution in [0.5, 0.6) is 0 Å². The van der Waals surface area contributed by atoms with Gasteiger partial charge >= 0.3 is 0 Å². The summed E-state index contributed by atoms with van der Waals surface area (Å²) in [6.45, 7) is 0. The third-order valence-corrected chi connectivity index (χ3v) is 10.00. The van der Waals surface area contributed by atoms with Crippen molar-refractivity contribution in [2.24, 2.45) is 0 Å². The van der Waals surface area contributed by atoms with E-state index in [4.69, 9.17) is 0 Å². The van der Waals surface area contributed by atoms with Gasteiger partial charge in [0, 0.05) is 0 Å². The Morgan fingerprint density at radius 2 is 0.652 bits per heavy atom. The maximum atomic E-state index is 2.37. The van der Waals surface area contributed by atoms with Gasteiger partial charge < -0.3 is 0 Å². The van der Waals surface area contributed by atoms with Crippen molar-refractivity contribution in [3.05, 3.63) is 170 Å². The average Bonchev–Trinajstić information content (AvgIpc) is 3.46. The highest BCUT2D eigenvalue weighted by atomic mass is 14.2. The van der Waals surface area contributed by atoms with Crippen LogP contribution in [0.1, 0.15) is 0 Å². The number of fused-ring (bicyclic) bond motifs is 9. The number of benzene rings is 9. The van der Waals surface area contributed by atoms with Gasteiger partial charge in [-0.1, -0.05) is 152 Å². The minimum atomic E-state index is 1.23. The van der Waals surface area contributed by atoms with Crippen molar-refractivity contribution < 1.29 is 0 Å². The second kappa shape index (κ2) is 9.76. The maximum Gasteiger partial charge on any atom is -0.00259 e. The van der Waals surface area contributed by atoms with Crippen LogP contribution in [0.3, 0.4) is 0 Å². The molecular weight excluding hydrogens is 553 g/mol. The molecule has 1 aliphatic rings. The van der Waals surface area contributed by atoms with Gasteiger partial charge in [0.2, 0.25) is 0 Å². The van der Waals surface area contributed by atoms with Crippen LogP contribution < -0.4 is 0 Å². The van der Waals surface area contributed by atoms with Crippen molar-refractivity contribution in [2.45, 2.75) is 0 Å². The van der Waals surface area contributed by atoms with Gasteiger partial charge in [-0.3, -0.25) is 0 Å². The highest BCUT2D eigenvalue weighted by Crippen LogP contribution is 2.48. The third-order valence-electron chi connectivity index (χ3n) is 10.00. The van der Waals surface area contributed by atoms with Crippen molar-refractivity contribution in [3.63, 3.8) is 0 Å². The molecule has 0 unspecified atom stereocenters. The topological polar surface area (TPSA) is 0 Å². The molecule has 0 bridgehead atoms. The standard InChI is InChI=1S/C46H28/c1-2-11-38-36(9-1)37-10-3-5-13-40(37)44-27-33(24-25-42(38)44)31-20-16-29(17-21-31)30-18-22-32(23-19-30)35-26-34-8-7-15-43-39-12-4-6-14-41(39)45(28-35)46(34)43/h1-28H. The fraction of sp³-hybridized carbons (Fsp3) is 0. The molecule has 0 aromatic heterocycles. The van der Waals surface area contributed by atoms with Gasteiger partial charge in [0.1, 0.15) is 0 Å². The van der Waals surface area contributed by atoms with Crippen LogP contribution in [0, 0.1) is 0 Å². The molecule has 46 heavy (non-hydrogen) atoms. The first kappa shape index (κ1) is 25.4. The predicted molar refractivity (Wildman–Crippen MR) is 197 cm³/mol. The Morgan fingerprint density at radius 1 is 0.217 bits per heavy atom. The number of hydrogen-bond donors (Lipinski definition) is 0. The second-order valence-electron chi connectivity index (χ2n) is 12.5. The zero-order chi connectivity index (χ0) is 30.2. The van der Waals surface area contributed by atoms with Gasteiger partial charge in [-0.05, 0) is 117 Å². The maximum absolute atomic E-state index is 2.37. The molecule has 0 nitrogen and oxygen atoms in total. The average molecular weight is 581 g/mol. The van der Waals surface area contributed by atoms with E-state index in [9.17, 15) is 0 Å². The van der Waals surface area contributed by atoms with E-state index in [1.807, 2.05) is 0 Å². The summed E-state index contributed by atoms with van der Waals surface area (Å²) in [6, 6.07) is 62.7. The molecule has 1 aliphatic carbocycles. The molecule has 10 rings (SSSR count). The lowest BCUT2D eigenvalue weighted by atomic mass is 9.91. The summed E-state index contributed by atoms with van der Waals surface area (Å²) in [5.41, 5.74) is 12.8. The molecule has 0 fully saturated rings. The summed E-state index contributed by atoms with van der Waals surface area (Å²) in [6.07, 6.45) is 0. The Balaban J connectivity index is 0.994. The van der Waals surface area contributed by atoms with Gasteiger partial charge in [0.05, 0.1) is 0 Å². The molecule has 0 aliphatic heterocycles. The molecule has 0 saturated heterocycles. The van der Waals surface area contributed by atoms with E-state index >= 15 is 0 Å². The van der Waals surface area contributed by atoms with Crippen molar-refractivity contribution in [3.8, 4) is 55.6 Å². The van der Waals surface area contributed by atoms with Gasteiger partial charge in [-0.2, -0.15) is 0 Å². The van der Waals surface area contributed by atoms with Gasteiger partial charge in [-0.25, -0.2) is 0 Å². The summed E-state index contributed by atoms with van der Waals surface area (Å²) in [5, 5.41) is 10.5. The minimum Gasteiger partial charge on any atom is -0.0616 e. The van der Waals surface area contributed by atoms with E-state index in [0.29, 0.717) is 0 Å². The lowest BCUT2D eigenvalue weighted by Crippen LogP contribution is -1.85. The molecule has 0 saturated carbocycles.